The number of aromatic nitrogens is 5. The third-order valence-electron chi connectivity index (χ3n) is 3.35. The van der Waals surface area contributed by atoms with Crippen LogP contribution >= 0.6 is 0 Å². The molecule has 0 aromatic carbocycles. The predicted octanol–water partition coefficient (Wildman–Crippen LogP) is -1.17. The third kappa shape index (κ3) is 3.06. The maximum Gasteiger partial charge on any atom is 0.361 e. The van der Waals surface area contributed by atoms with Crippen molar-refractivity contribution in [3.8, 4) is 5.82 Å². The van der Waals surface area contributed by atoms with Gasteiger partial charge in [0, 0.05) is 0 Å². The Balaban J connectivity index is 2.45. The summed E-state index contributed by atoms with van der Waals surface area (Å²) in [7, 11) is 0. The topological polar surface area (TPSA) is 126 Å². The summed E-state index contributed by atoms with van der Waals surface area (Å²) in [6, 6.07) is 0. The Labute approximate surface area is 127 Å². The van der Waals surface area contributed by atoms with Gasteiger partial charge in [-0.3, -0.25) is 0 Å². The molecular weight excluding hydrogens is 290 g/mol. The van der Waals surface area contributed by atoms with E-state index in [1.165, 1.54) is 9.58 Å². The van der Waals surface area contributed by atoms with E-state index in [9.17, 15) is 4.79 Å². The second kappa shape index (κ2) is 6.98. The first-order valence-electron chi connectivity index (χ1n) is 7.15. The minimum atomic E-state index is -0.523. The molecule has 0 aliphatic heterocycles. The van der Waals surface area contributed by atoms with E-state index in [1.807, 2.05) is 0 Å². The average molecular weight is 310 g/mol. The lowest BCUT2D eigenvalue weighted by Crippen LogP contribution is -3.10. The smallest absolute Gasteiger partial charge is 0.361 e. The van der Waals surface area contributed by atoms with Crippen LogP contribution in [0.25, 0.3) is 5.82 Å². The predicted molar refractivity (Wildman–Crippen MR) is 75.3 cm³/mol. The summed E-state index contributed by atoms with van der Waals surface area (Å²) in [6.45, 7) is 8.41. The number of hydrogen-bond donors (Lipinski definition) is 2. The fourth-order valence-electron chi connectivity index (χ4n) is 2.06. The second-order valence-electron chi connectivity index (χ2n) is 4.62. The van der Waals surface area contributed by atoms with Crippen LogP contribution in [-0.2, 0) is 11.3 Å². The Bertz CT molecular complexity index is 632. The fourth-order valence-corrected chi connectivity index (χ4v) is 2.06. The van der Waals surface area contributed by atoms with Crippen LogP contribution in [0.2, 0.25) is 0 Å². The van der Waals surface area contributed by atoms with Gasteiger partial charge in [-0.15, -0.1) is 5.10 Å². The van der Waals surface area contributed by atoms with Crippen molar-refractivity contribution in [3.63, 3.8) is 0 Å². The van der Waals surface area contributed by atoms with Gasteiger partial charge in [-0.2, -0.15) is 4.68 Å². The molecule has 0 fully saturated rings. The zero-order chi connectivity index (χ0) is 16.1. The van der Waals surface area contributed by atoms with Crippen molar-refractivity contribution < 1.29 is 19.1 Å². The highest BCUT2D eigenvalue weighted by molar-refractivity contribution is 5.88. The first-order valence-corrected chi connectivity index (χ1v) is 7.15. The van der Waals surface area contributed by atoms with Gasteiger partial charge in [0.25, 0.3) is 0 Å². The summed E-state index contributed by atoms with van der Waals surface area (Å²) in [5.41, 5.74) is 6.43. The van der Waals surface area contributed by atoms with Gasteiger partial charge >= 0.3 is 5.97 Å². The summed E-state index contributed by atoms with van der Waals surface area (Å²) in [5, 5.41) is 15.1. The number of rotatable bonds is 7. The summed E-state index contributed by atoms with van der Waals surface area (Å²) in [4.78, 5) is 13.3. The number of nitrogen functional groups attached to an aromatic ring is 1. The van der Waals surface area contributed by atoms with Crippen LogP contribution in [0.1, 0.15) is 37.0 Å². The molecule has 0 aliphatic rings. The number of ether oxygens (including phenoxy) is 1. The molecule has 10 heteroatoms. The van der Waals surface area contributed by atoms with Crippen molar-refractivity contribution in [2.75, 3.05) is 25.4 Å². The van der Waals surface area contributed by atoms with Crippen LogP contribution in [0.15, 0.2) is 4.63 Å². The first kappa shape index (κ1) is 15.9. The molecule has 10 nitrogen and oxygen atoms in total. The van der Waals surface area contributed by atoms with Gasteiger partial charge in [-0.1, -0.05) is 5.21 Å². The van der Waals surface area contributed by atoms with Gasteiger partial charge in [0.15, 0.2) is 5.69 Å². The molecule has 3 N–H and O–H groups in total. The van der Waals surface area contributed by atoms with Crippen LogP contribution in [0.3, 0.4) is 0 Å². The Morgan fingerprint density at radius 3 is 2.59 bits per heavy atom. The van der Waals surface area contributed by atoms with Crippen molar-refractivity contribution in [1.82, 2.24) is 25.3 Å². The largest absolute Gasteiger partial charge is 0.461 e. The van der Waals surface area contributed by atoms with Crippen LogP contribution in [0, 0.1) is 0 Å². The number of carbonyl (C=O) groups excluding carboxylic acids is 1. The summed E-state index contributed by atoms with van der Waals surface area (Å²) in [5.74, 6) is -0.231. The van der Waals surface area contributed by atoms with Crippen molar-refractivity contribution in [2.24, 2.45) is 0 Å². The molecule has 120 valence electrons. The van der Waals surface area contributed by atoms with Crippen LogP contribution in [-0.4, -0.2) is 51.0 Å². The zero-order valence-corrected chi connectivity index (χ0v) is 12.9. The van der Waals surface area contributed by atoms with Gasteiger partial charge in [0.05, 0.1) is 19.7 Å². The molecule has 0 atom stereocenters. The number of anilines is 1. The van der Waals surface area contributed by atoms with Gasteiger partial charge in [-0.05, 0) is 31.1 Å². The SMILES string of the molecule is CCOC(=O)c1nnn(-c2nonc2N)c1C[NH+](CC)CC. The normalized spacial score (nSPS) is 11.1. The molecule has 22 heavy (non-hydrogen) atoms. The highest BCUT2D eigenvalue weighted by Gasteiger charge is 2.27. The molecule has 0 spiro atoms. The number of nitrogens with zero attached hydrogens (tertiary/aromatic N) is 5. The maximum absolute atomic E-state index is 12.1. The van der Waals surface area contributed by atoms with Gasteiger partial charge in [0.2, 0.25) is 11.6 Å². The number of quaternary nitrogens is 1. The van der Waals surface area contributed by atoms with Crippen LogP contribution < -0.4 is 10.6 Å². The van der Waals surface area contributed by atoms with E-state index >= 15 is 0 Å². The summed E-state index contributed by atoms with van der Waals surface area (Å²) >= 11 is 0. The van der Waals surface area contributed by atoms with Gasteiger partial charge < -0.3 is 15.4 Å². The van der Waals surface area contributed by atoms with E-state index in [0.717, 1.165) is 13.1 Å². The maximum atomic E-state index is 12.1. The Hall–Kier alpha value is -2.49. The van der Waals surface area contributed by atoms with Crippen molar-refractivity contribution in [2.45, 2.75) is 27.3 Å². The molecule has 0 unspecified atom stereocenters. The number of nitrogens with two attached hydrogens (primary N) is 1. The van der Waals surface area contributed by atoms with Gasteiger partial charge in [0.1, 0.15) is 12.2 Å². The van der Waals surface area contributed by atoms with Crippen molar-refractivity contribution in [1.29, 1.82) is 0 Å². The molecule has 0 amide bonds. The molecule has 2 rings (SSSR count). The number of nitrogens with one attached hydrogen (secondary N) is 1. The number of esters is 1. The second-order valence-corrected chi connectivity index (χ2v) is 4.62. The molecule has 0 saturated carbocycles. The minimum Gasteiger partial charge on any atom is -0.461 e. The van der Waals surface area contributed by atoms with E-state index in [4.69, 9.17) is 10.5 Å². The summed E-state index contributed by atoms with van der Waals surface area (Å²) in [6.07, 6.45) is 0. The molecule has 0 aliphatic carbocycles. The number of carbonyl (C=O) groups is 1. The lowest BCUT2D eigenvalue weighted by atomic mass is 10.3. The minimum absolute atomic E-state index is 0.0797. The van der Waals surface area contributed by atoms with E-state index in [-0.39, 0.29) is 23.9 Å². The molecule has 2 heterocycles. The van der Waals surface area contributed by atoms with Gasteiger partial charge in [-0.25, -0.2) is 9.42 Å². The Morgan fingerprint density at radius 1 is 1.32 bits per heavy atom. The Morgan fingerprint density at radius 2 is 2.05 bits per heavy atom. The van der Waals surface area contributed by atoms with Crippen LogP contribution in [0.4, 0.5) is 5.82 Å². The fraction of sp³-hybridized carbons (Fsp3) is 0.583. The molecule has 2 aromatic heterocycles. The standard InChI is InChI=1S/C12H19N7O3/c1-4-18(5-2)7-8-9(12(20)21-6-3)14-17-19(8)11-10(13)15-22-16-11/h4-7H2,1-3H3,(H2,13,15)/p+1. The Kier molecular flexibility index (Phi) is 5.04. The number of hydrogen-bond acceptors (Lipinski definition) is 8. The molecular formula is C12H20N7O3+. The van der Waals surface area contributed by atoms with E-state index in [1.54, 1.807) is 6.92 Å². The third-order valence-corrected chi connectivity index (χ3v) is 3.35. The lowest BCUT2D eigenvalue weighted by molar-refractivity contribution is -0.910. The molecule has 2 aromatic rings. The monoisotopic (exact) mass is 310 g/mol. The average Bonchev–Trinajstić information content (AvgIpc) is 3.10. The van der Waals surface area contributed by atoms with E-state index in [0.29, 0.717) is 12.2 Å². The molecule has 0 bridgehead atoms. The highest BCUT2D eigenvalue weighted by Crippen LogP contribution is 2.15. The molecule has 0 radical (unpaired) electrons. The lowest BCUT2D eigenvalue weighted by Gasteiger charge is -2.15. The summed E-state index contributed by atoms with van der Waals surface area (Å²) < 4.78 is 11.0. The quantitative estimate of drug-likeness (QED) is 0.613. The van der Waals surface area contributed by atoms with Crippen LogP contribution in [0.5, 0.6) is 0 Å². The zero-order valence-electron chi connectivity index (χ0n) is 12.9. The van der Waals surface area contributed by atoms with Crippen molar-refractivity contribution in [3.05, 3.63) is 11.4 Å². The van der Waals surface area contributed by atoms with E-state index < -0.39 is 5.97 Å². The molecule has 0 saturated heterocycles. The van der Waals surface area contributed by atoms with Crippen molar-refractivity contribution >= 4 is 11.8 Å². The van der Waals surface area contributed by atoms with E-state index in [2.05, 4.69) is 39.1 Å². The highest BCUT2D eigenvalue weighted by atomic mass is 16.6. The first-order chi connectivity index (χ1) is 10.6.